The van der Waals surface area contributed by atoms with Crippen LogP contribution in [0.1, 0.15) is 12.1 Å². The molecule has 2 aromatic rings. The third kappa shape index (κ3) is 2.88. The summed E-state index contributed by atoms with van der Waals surface area (Å²) in [6.07, 6.45) is 1.04. The summed E-state index contributed by atoms with van der Waals surface area (Å²) in [6, 6.07) is 8.40. The Morgan fingerprint density at radius 3 is 3.15 bits per heavy atom. The number of nitrogens with zero attached hydrogens (tertiary/aromatic N) is 2. The Labute approximate surface area is 122 Å². The van der Waals surface area contributed by atoms with Gasteiger partial charge in [0.15, 0.2) is 0 Å². The van der Waals surface area contributed by atoms with Crippen molar-refractivity contribution < 1.29 is 4.79 Å². The molecule has 1 fully saturated rings. The van der Waals surface area contributed by atoms with Crippen LogP contribution in [0.5, 0.6) is 0 Å². The molecule has 1 aliphatic rings. The van der Waals surface area contributed by atoms with E-state index in [1.165, 1.54) is 0 Å². The molecule has 0 aliphatic carbocycles. The number of hydrogen-bond donors (Lipinski definition) is 1. The van der Waals surface area contributed by atoms with Crippen LogP contribution in [-0.2, 0) is 18.3 Å². The fourth-order valence-corrected chi connectivity index (χ4v) is 3.65. The van der Waals surface area contributed by atoms with Crippen molar-refractivity contribution >= 4 is 28.4 Å². The van der Waals surface area contributed by atoms with Crippen LogP contribution in [-0.4, -0.2) is 39.7 Å². The van der Waals surface area contributed by atoms with Gasteiger partial charge in [-0.3, -0.25) is 9.48 Å². The van der Waals surface area contributed by atoms with Crippen LogP contribution in [0.2, 0.25) is 0 Å². The van der Waals surface area contributed by atoms with Gasteiger partial charge in [0.25, 0.3) is 0 Å². The molecule has 20 heavy (non-hydrogen) atoms. The number of rotatable bonds is 4. The van der Waals surface area contributed by atoms with Gasteiger partial charge in [-0.2, -0.15) is 16.9 Å². The van der Waals surface area contributed by atoms with Gasteiger partial charge in [-0.1, -0.05) is 18.2 Å². The van der Waals surface area contributed by atoms with Crippen molar-refractivity contribution in [2.45, 2.75) is 18.9 Å². The van der Waals surface area contributed by atoms with Crippen molar-refractivity contribution in [3.05, 3.63) is 30.0 Å². The maximum atomic E-state index is 12.2. The van der Waals surface area contributed by atoms with E-state index in [1.54, 1.807) is 0 Å². The molecule has 1 aromatic carbocycles. The van der Waals surface area contributed by atoms with Crippen molar-refractivity contribution in [3.63, 3.8) is 0 Å². The zero-order chi connectivity index (χ0) is 13.9. The summed E-state index contributed by atoms with van der Waals surface area (Å²) < 4.78 is 1.85. The van der Waals surface area contributed by atoms with E-state index in [-0.39, 0.29) is 5.78 Å². The molecule has 1 N–H and O–H groups in total. The lowest BCUT2D eigenvalue weighted by atomic mass is 10.1. The van der Waals surface area contributed by atoms with Gasteiger partial charge in [0.05, 0.1) is 17.6 Å². The monoisotopic (exact) mass is 289 g/mol. The van der Waals surface area contributed by atoms with E-state index >= 15 is 0 Å². The molecule has 1 unspecified atom stereocenters. The Balaban J connectivity index is 1.71. The van der Waals surface area contributed by atoms with Gasteiger partial charge in [-0.15, -0.1) is 0 Å². The summed E-state index contributed by atoms with van der Waals surface area (Å²) in [5.74, 6) is 2.46. The Morgan fingerprint density at radius 1 is 1.50 bits per heavy atom. The van der Waals surface area contributed by atoms with E-state index < -0.39 is 0 Å². The molecule has 0 bridgehead atoms. The highest BCUT2D eigenvalue weighted by Crippen LogP contribution is 2.19. The summed E-state index contributed by atoms with van der Waals surface area (Å²) >= 11 is 1.92. The van der Waals surface area contributed by atoms with E-state index in [4.69, 9.17) is 0 Å². The number of nitrogens with one attached hydrogen (secondary N) is 1. The Kier molecular flexibility index (Phi) is 4.08. The zero-order valence-electron chi connectivity index (χ0n) is 11.6. The van der Waals surface area contributed by atoms with Gasteiger partial charge in [0.2, 0.25) is 0 Å². The van der Waals surface area contributed by atoms with Crippen molar-refractivity contribution in [2.24, 2.45) is 7.05 Å². The maximum absolute atomic E-state index is 12.2. The summed E-state index contributed by atoms with van der Waals surface area (Å²) in [5, 5.41) is 9.00. The average Bonchev–Trinajstić information content (AvgIpc) is 2.77. The first kappa shape index (κ1) is 13.6. The molecule has 0 saturated carbocycles. The Morgan fingerprint density at radius 2 is 2.35 bits per heavy atom. The number of Topliss-reactive ketones (excluding diaryl/α,β-unsaturated/α-hetero) is 1. The van der Waals surface area contributed by atoms with Crippen LogP contribution in [0.3, 0.4) is 0 Å². The van der Waals surface area contributed by atoms with Crippen LogP contribution < -0.4 is 5.32 Å². The average molecular weight is 289 g/mol. The smallest absolute Gasteiger partial charge is 0.140 e. The second-order valence-corrected chi connectivity index (χ2v) is 6.38. The summed E-state index contributed by atoms with van der Waals surface area (Å²) in [7, 11) is 1.93. The molecule has 2 heterocycles. The van der Waals surface area contributed by atoms with Gasteiger partial charge in [-0.25, -0.2) is 0 Å². The van der Waals surface area contributed by atoms with Crippen molar-refractivity contribution in [3.8, 4) is 0 Å². The summed E-state index contributed by atoms with van der Waals surface area (Å²) in [4.78, 5) is 12.2. The highest BCUT2D eigenvalue weighted by atomic mass is 32.2. The van der Waals surface area contributed by atoms with Crippen LogP contribution >= 0.6 is 11.8 Å². The molecule has 1 aromatic heterocycles. The second-order valence-electron chi connectivity index (χ2n) is 5.23. The van der Waals surface area contributed by atoms with Crippen LogP contribution in [0.4, 0.5) is 0 Å². The molecular weight excluding hydrogens is 270 g/mol. The fraction of sp³-hybridized carbons (Fsp3) is 0.467. The van der Waals surface area contributed by atoms with Gasteiger partial charge < -0.3 is 5.32 Å². The first-order valence-electron chi connectivity index (χ1n) is 6.97. The molecule has 4 nitrogen and oxygen atoms in total. The molecule has 0 amide bonds. The van der Waals surface area contributed by atoms with Gasteiger partial charge in [0.1, 0.15) is 5.78 Å². The SMILES string of the molecule is Cn1nc(CC(=O)CC2CSCCN2)c2ccccc21. The van der Waals surface area contributed by atoms with Gasteiger partial charge in [-0.05, 0) is 6.07 Å². The van der Waals surface area contributed by atoms with E-state index in [0.717, 1.165) is 34.6 Å². The number of ketones is 1. The number of para-hydroxylation sites is 1. The highest BCUT2D eigenvalue weighted by Gasteiger charge is 2.18. The quantitative estimate of drug-likeness (QED) is 0.932. The summed E-state index contributed by atoms with van der Waals surface area (Å²) in [6.45, 7) is 1.01. The summed E-state index contributed by atoms with van der Waals surface area (Å²) in [5.41, 5.74) is 1.98. The zero-order valence-corrected chi connectivity index (χ0v) is 12.4. The molecule has 1 saturated heterocycles. The number of thioether (sulfide) groups is 1. The molecule has 0 radical (unpaired) electrons. The maximum Gasteiger partial charge on any atom is 0.140 e. The minimum absolute atomic E-state index is 0.272. The standard InChI is InChI=1S/C15H19N3OS/c1-18-15-5-3-2-4-13(15)14(17-18)9-12(19)8-11-10-20-7-6-16-11/h2-5,11,16H,6-10H2,1H3. The molecular formula is C15H19N3OS. The predicted molar refractivity (Wildman–Crippen MR) is 83.2 cm³/mol. The lowest BCUT2D eigenvalue weighted by molar-refractivity contribution is -0.118. The minimum Gasteiger partial charge on any atom is -0.312 e. The normalized spacial score (nSPS) is 19.4. The Hall–Kier alpha value is -1.33. The molecule has 1 atom stereocenters. The number of benzene rings is 1. The second kappa shape index (κ2) is 5.97. The molecule has 106 valence electrons. The molecule has 5 heteroatoms. The Bertz CT molecular complexity index is 617. The number of carbonyl (C=O) groups excluding carboxylic acids is 1. The predicted octanol–water partition coefficient (Wildman–Crippen LogP) is 1.78. The van der Waals surface area contributed by atoms with Crippen LogP contribution in [0.25, 0.3) is 10.9 Å². The number of aromatic nitrogens is 2. The third-order valence-electron chi connectivity index (χ3n) is 3.67. The number of carbonyl (C=O) groups is 1. The number of fused-ring (bicyclic) bond motifs is 1. The van der Waals surface area contributed by atoms with Gasteiger partial charge in [0, 0.05) is 42.9 Å². The van der Waals surface area contributed by atoms with Crippen molar-refractivity contribution in [1.29, 1.82) is 0 Å². The number of hydrogen-bond acceptors (Lipinski definition) is 4. The fourth-order valence-electron chi connectivity index (χ4n) is 2.70. The largest absolute Gasteiger partial charge is 0.312 e. The minimum atomic E-state index is 0.272. The topological polar surface area (TPSA) is 46.9 Å². The molecule has 3 rings (SSSR count). The third-order valence-corrected chi connectivity index (χ3v) is 4.80. The lowest BCUT2D eigenvalue weighted by Gasteiger charge is -2.22. The van der Waals surface area contributed by atoms with E-state index in [9.17, 15) is 4.79 Å². The first-order chi connectivity index (χ1) is 9.74. The number of aryl methyl sites for hydroxylation is 1. The van der Waals surface area contributed by atoms with Crippen LogP contribution in [0.15, 0.2) is 24.3 Å². The van der Waals surface area contributed by atoms with E-state index in [0.29, 0.717) is 18.9 Å². The van der Waals surface area contributed by atoms with Crippen molar-refractivity contribution in [2.75, 3.05) is 18.1 Å². The van der Waals surface area contributed by atoms with E-state index in [1.807, 2.05) is 47.8 Å². The molecule has 1 aliphatic heterocycles. The van der Waals surface area contributed by atoms with E-state index in [2.05, 4.69) is 10.4 Å². The highest BCUT2D eigenvalue weighted by molar-refractivity contribution is 7.99. The van der Waals surface area contributed by atoms with Crippen molar-refractivity contribution in [1.82, 2.24) is 15.1 Å². The molecule has 0 spiro atoms. The first-order valence-corrected chi connectivity index (χ1v) is 8.13. The van der Waals surface area contributed by atoms with Gasteiger partial charge >= 0.3 is 0 Å². The van der Waals surface area contributed by atoms with Crippen LogP contribution in [0, 0.1) is 0 Å². The lowest BCUT2D eigenvalue weighted by Crippen LogP contribution is -2.39.